The highest BCUT2D eigenvalue weighted by Crippen LogP contribution is 2.14. The van der Waals surface area contributed by atoms with E-state index < -0.39 is 0 Å². The van der Waals surface area contributed by atoms with E-state index in [0.717, 1.165) is 11.3 Å². The van der Waals surface area contributed by atoms with Crippen molar-refractivity contribution < 1.29 is 9.53 Å². The summed E-state index contributed by atoms with van der Waals surface area (Å²) in [6.45, 7) is 4.75. The van der Waals surface area contributed by atoms with Crippen LogP contribution in [0.25, 0.3) is 0 Å². The van der Waals surface area contributed by atoms with Crippen LogP contribution in [0.3, 0.4) is 0 Å². The summed E-state index contributed by atoms with van der Waals surface area (Å²) >= 11 is 0. The van der Waals surface area contributed by atoms with Gasteiger partial charge in [-0.25, -0.2) is 4.79 Å². The molecule has 21 heavy (non-hydrogen) atoms. The van der Waals surface area contributed by atoms with Gasteiger partial charge in [0.15, 0.2) is 0 Å². The molecule has 6 heteroatoms. The molecule has 0 amide bonds. The zero-order valence-electron chi connectivity index (χ0n) is 12.5. The minimum absolute atomic E-state index is 0.151. The number of rotatable bonds is 6. The van der Waals surface area contributed by atoms with Crippen LogP contribution in [0.5, 0.6) is 0 Å². The Morgan fingerprint density at radius 3 is 2.81 bits per heavy atom. The normalized spacial score (nSPS) is 12.1. The fourth-order valence-corrected chi connectivity index (χ4v) is 2.07. The third-order valence-corrected chi connectivity index (χ3v) is 3.34. The summed E-state index contributed by atoms with van der Waals surface area (Å²) in [4.78, 5) is 15.9. The standard InChI is InChI=1S/C15H20N4O2/c1-4-21-15(20)13-9-18-19(3)14(13)10-17-11(2)12-5-7-16-8-6-12/h5-9,11,17H,4,10H2,1-3H3/t11-/m0/s1. The SMILES string of the molecule is CCOC(=O)c1cnn(C)c1CN[C@@H](C)c1ccncc1. The molecule has 0 fully saturated rings. The number of esters is 1. The van der Waals surface area contributed by atoms with Crippen LogP contribution in [0.2, 0.25) is 0 Å². The van der Waals surface area contributed by atoms with Gasteiger partial charge >= 0.3 is 5.97 Å². The molecule has 0 radical (unpaired) electrons. The summed E-state index contributed by atoms with van der Waals surface area (Å²) in [5.41, 5.74) is 2.47. The molecule has 6 nitrogen and oxygen atoms in total. The molecule has 1 atom stereocenters. The summed E-state index contributed by atoms with van der Waals surface area (Å²) in [5, 5.41) is 7.52. The van der Waals surface area contributed by atoms with E-state index >= 15 is 0 Å². The average Bonchev–Trinajstić information content (AvgIpc) is 2.87. The molecule has 0 saturated heterocycles. The van der Waals surface area contributed by atoms with Crippen LogP contribution in [-0.4, -0.2) is 27.3 Å². The fraction of sp³-hybridized carbons (Fsp3) is 0.400. The summed E-state index contributed by atoms with van der Waals surface area (Å²) in [6.07, 6.45) is 5.08. The van der Waals surface area contributed by atoms with Gasteiger partial charge in [-0.15, -0.1) is 0 Å². The Kier molecular flexibility index (Phi) is 5.05. The number of carbonyl (C=O) groups excluding carboxylic acids is 1. The molecule has 2 heterocycles. The Hall–Kier alpha value is -2.21. The van der Waals surface area contributed by atoms with Crippen molar-refractivity contribution in [1.82, 2.24) is 20.1 Å². The number of hydrogen-bond donors (Lipinski definition) is 1. The van der Waals surface area contributed by atoms with E-state index in [0.29, 0.717) is 18.7 Å². The van der Waals surface area contributed by atoms with Crippen molar-refractivity contribution in [2.24, 2.45) is 7.05 Å². The molecular formula is C15H20N4O2. The highest BCUT2D eigenvalue weighted by Gasteiger charge is 2.17. The van der Waals surface area contributed by atoms with Crippen LogP contribution in [-0.2, 0) is 18.3 Å². The highest BCUT2D eigenvalue weighted by molar-refractivity contribution is 5.90. The molecule has 0 bridgehead atoms. The first-order valence-corrected chi connectivity index (χ1v) is 6.94. The number of nitrogens with zero attached hydrogens (tertiary/aromatic N) is 3. The van der Waals surface area contributed by atoms with Crippen LogP contribution in [0.4, 0.5) is 0 Å². The molecule has 1 N–H and O–H groups in total. The molecule has 112 valence electrons. The molecule has 0 spiro atoms. The van der Waals surface area contributed by atoms with E-state index in [-0.39, 0.29) is 12.0 Å². The number of ether oxygens (including phenoxy) is 1. The first kappa shape index (κ1) is 15.2. The van der Waals surface area contributed by atoms with Crippen molar-refractivity contribution in [1.29, 1.82) is 0 Å². The Balaban J connectivity index is 2.06. The Labute approximate surface area is 124 Å². The van der Waals surface area contributed by atoms with Gasteiger partial charge in [-0.05, 0) is 31.5 Å². The van der Waals surface area contributed by atoms with Gasteiger partial charge in [-0.3, -0.25) is 9.67 Å². The Morgan fingerprint density at radius 2 is 2.14 bits per heavy atom. The van der Waals surface area contributed by atoms with Crippen LogP contribution >= 0.6 is 0 Å². The lowest BCUT2D eigenvalue weighted by atomic mass is 10.1. The summed E-state index contributed by atoms with van der Waals surface area (Å²) in [5.74, 6) is -0.334. The molecule has 0 aliphatic carbocycles. The lowest BCUT2D eigenvalue weighted by Gasteiger charge is -2.14. The monoisotopic (exact) mass is 288 g/mol. The maximum absolute atomic E-state index is 11.9. The molecule has 0 saturated carbocycles. The second-order valence-corrected chi connectivity index (χ2v) is 4.73. The predicted molar refractivity (Wildman–Crippen MR) is 78.7 cm³/mol. The van der Waals surface area contributed by atoms with E-state index in [1.54, 1.807) is 30.2 Å². The lowest BCUT2D eigenvalue weighted by molar-refractivity contribution is 0.0524. The lowest BCUT2D eigenvalue weighted by Crippen LogP contribution is -2.21. The number of pyridine rings is 1. The second kappa shape index (κ2) is 6.99. The van der Waals surface area contributed by atoms with Crippen LogP contribution < -0.4 is 5.32 Å². The maximum Gasteiger partial charge on any atom is 0.341 e. The molecule has 0 unspecified atom stereocenters. The zero-order valence-corrected chi connectivity index (χ0v) is 12.5. The Morgan fingerprint density at radius 1 is 1.43 bits per heavy atom. The van der Waals surface area contributed by atoms with E-state index in [9.17, 15) is 4.79 Å². The number of carbonyl (C=O) groups is 1. The van der Waals surface area contributed by atoms with E-state index in [1.807, 2.05) is 19.2 Å². The van der Waals surface area contributed by atoms with Gasteiger partial charge in [0.2, 0.25) is 0 Å². The predicted octanol–water partition coefficient (Wildman–Crippen LogP) is 1.84. The molecular weight excluding hydrogens is 268 g/mol. The van der Waals surface area contributed by atoms with Gasteiger partial charge in [0.25, 0.3) is 0 Å². The topological polar surface area (TPSA) is 69.0 Å². The van der Waals surface area contributed by atoms with Gasteiger partial charge in [0.05, 0.1) is 18.5 Å². The first-order chi connectivity index (χ1) is 10.1. The Bertz CT molecular complexity index is 595. The van der Waals surface area contributed by atoms with Crippen molar-refractivity contribution >= 4 is 5.97 Å². The summed E-state index contributed by atoms with van der Waals surface area (Å²) in [6, 6.07) is 4.08. The van der Waals surface area contributed by atoms with Gasteiger partial charge in [-0.2, -0.15) is 5.10 Å². The van der Waals surface area contributed by atoms with Crippen molar-refractivity contribution in [2.45, 2.75) is 26.4 Å². The number of aromatic nitrogens is 3. The molecule has 0 aromatic carbocycles. The molecule has 2 aromatic heterocycles. The van der Waals surface area contributed by atoms with E-state index in [2.05, 4.69) is 22.3 Å². The number of nitrogens with one attached hydrogen (secondary N) is 1. The van der Waals surface area contributed by atoms with Gasteiger partial charge in [0.1, 0.15) is 5.56 Å². The zero-order chi connectivity index (χ0) is 15.2. The second-order valence-electron chi connectivity index (χ2n) is 4.73. The van der Waals surface area contributed by atoms with Crippen molar-refractivity contribution in [2.75, 3.05) is 6.61 Å². The van der Waals surface area contributed by atoms with Crippen LogP contribution in [0, 0.1) is 0 Å². The van der Waals surface area contributed by atoms with Crippen molar-refractivity contribution in [3.63, 3.8) is 0 Å². The van der Waals surface area contributed by atoms with Crippen molar-refractivity contribution in [3.8, 4) is 0 Å². The molecule has 0 aliphatic heterocycles. The van der Waals surface area contributed by atoms with E-state index in [1.165, 1.54) is 0 Å². The third kappa shape index (κ3) is 3.66. The number of hydrogen-bond acceptors (Lipinski definition) is 5. The quantitative estimate of drug-likeness (QED) is 0.821. The average molecular weight is 288 g/mol. The highest BCUT2D eigenvalue weighted by atomic mass is 16.5. The molecule has 2 aromatic rings. The van der Waals surface area contributed by atoms with Crippen LogP contribution in [0.1, 0.15) is 41.5 Å². The largest absolute Gasteiger partial charge is 0.462 e. The minimum Gasteiger partial charge on any atom is -0.462 e. The first-order valence-electron chi connectivity index (χ1n) is 6.94. The fourth-order valence-electron chi connectivity index (χ4n) is 2.07. The molecule has 2 rings (SSSR count). The molecule has 0 aliphatic rings. The van der Waals surface area contributed by atoms with E-state index in [4.69, 9.17) is 4.74 Å². The minimum atomic E-state index is -0.334. The van der Waals surface area contributed by atoms with Gasteiger partial charge in [-0.1, -0.05) is 0 Å². The van der Waals surface area contributed by atoms with Crippen LogP contribution in [0.15, 0.2) is 30.7 Å². The van der Waals surface area contributed by atoms with Crippen molar-refractivity contribution in [3.05, 3.63) is 47.5 Å². The maximum atomic E-state index is 11.9. The van der Waals surface area contributed by atoms with Gasteiger partial charge < -0.3 is 10.1 Å². The smallest absolute Gasteiger partial charge is 0.341 e. The number of aryl methyl sites for hydroxylation is 1. The van der Waals surface area contributed by atoms with Gasteiger partial charge in [0, 0.05) is 32.0 Å². The third-order valence-electron chi connectivity index (χ3n) is 3.34. The summed E-state index contributed by atoms with van der Waals surface area (Å²) in [7, 11) is 1.82. The summed E-state index contributed by atoms with van der Waals surface area (Å²) < 4.78 is 6.74.